The maximum atomic E-state index is 11.8. The number of rotatable bonds is 6. The van der Waals surface area contributed by atoms with Crippen LogP contribution in [0, 0.1) is 0 Å². The summed E-state index contributed by atoms with van der Waals surface area (Å²) in [7, 11) is 0. The average molecular weight is 389 g/mol. The van der Waals surface area contributed by atoms with Gasteiger partial charge in [0.2, 0.25) is 0 Å². The number of carbonyl (C=O) groups is 1. The van der Waals surface area contributed by atoms with Crippen molar-refractivity contribution in [1.29, 1.82) is 0 Å². The molecule has 0 unspecified atom stereocenters. The molecule has 2 N–H and O–H groups in total. The molecule has 0 spiro atoms. The van der Waals surface area contributed by atoms with Gasteiger partial charge in [-0.2, -0.15) is 0 Å². The Morgan fingerprint density at radius 2 is 2.17 bits per heavy atom. The van der Waals surface area contributed by atoms with Gasteiger partial charge in [-0.05, 0) is 30.5 Å². The molecular weight excluding hydrogens is 368 g/mol. The number of amides is 1. The van der Waals surface area contributed by atoms with Crippen molar-refractivity contribution in [3.63, 3.8) is 0 Å². The zero-order chi connectivity index (χ0) is 16.8. The average Bonchev–Trinajstić information content (AvgIpc) is 3.13. The molecule has 126 valence electrons. The minimum atomic E-state index is -0.101. The first-order valence-corrected chi connectivity index (χ1v) is 8.91. The van der Waals surface area contributed by atoms with Crippen LogP contribution in [0.4, 0.5) is 0 Å². The number of nitrogens with zero attached hydrogens (tertiary/aromatic N) is 2. The molecule has 0 saturated heterocycles. The highest BCUT2D eigenvalue weighted by Crippen LogP contribution is 2.18. The van der Waals surface area contributed by atoms with Gasteiger partial charge in [-0.15, -0.1) is 0 Å². The van der Waals surface area contributed by atoms with Crippen molar-refractivity contribution >= 4 is 21.8 Å². The second-order valence-corrected chi connectivity index (χ2v) is 6.85. The molecule has 3 rings (SSSR count). The first-order valence-electron chi connectivity index (χ1n) is 8.12. The lowest BCUT2D eigenvalue weighted by molar-refractivity contribution is 0.0944. The van der Waals surface area contributed by atoms with Gasteiger partial charge in [-0.1, -0.05) is 39.7 Å². The molecule has 5 nitrogen and oxygen atoms in total. The van der Waals surface area contributed by atoms with Gasteiger partial charge in [0, 0.05) is 30.7 Å². The van der Waals surface area contributed by atoms with Gasteiger partial charge in [0.15, 0.2) is 0 Å². The molecule has 0 radical (unpaired) electrons. The fourth-order valence-corrected chi connectivity index (χ4v) is 3.05. The number of aromatic amines is 1. The molecular formula is C18H21BrN4O. The minimum absolute atomic E-state index is 0.101. The van der Waals surface area contributed by atoms with E-state index in [1.165, 1.54) is 23.7 Å². The normalized spacial score (nSPS) is 15.1. The van der Waals surface area contributed by atoms with E-state index < -0.39 is 0 Å². The molecule has 0 bridgehead atoms. The van der Waals surface area contributed by atoms with Crippen LogP contribution < -0.4 is 5.32 Å². The largest absolute Gasteiger partial charge is 0.349 e. The lowest BCUT2D eigenvalue weighted by atomic mass is 10.00. The molecule has 0 aliphatic carbocycles. The van der Waals surface area contributed by atoms with E-state index in [1.54, 1.807) is 0 Å². The van der Waals surface area contributed by atoms with Crippen molar-refractivity contribution in [2.45, 2.75) is 12.8 Å². The van der Waals surface area contributed by atoms with Gasteiger partial charge in [0.05, 0.1) is 12.5 Å². The van der Waals surface area contributed by atoms with Gasteiger partial charge in [-0.3, -0.25) is 9.69 Å². The topological polar surface area (TPSA) is 61.0 Å². The van der Waals surface area contributed by atoms with Crippen LogP contribution in [0.3, 0.4) is 0 Å². The van der Waals surface area contributed by atoms with Crippen molar-refractivity contribution in [1.82, 2.24) is 20.2 Å². The third-order valence-corrected chi connectivity index (χ3v) is 4.72. The highest BCUT2D eigenvalue weighted by molar-refractivity contribution is 9.10. The van der Waals surface area contributed by atoms with Crippen LogP contribution >= 0.6 is 15.9 Å². The zero-order valence-electron chi connectivity index (χ0n) is 13.5. The summed E-state index contributed by atoms with van der Waals surface area (Å²) >= 11 is 3.47. The number of imidazole rings is 1. The van der Waals surface area contributed by atoms with E-state index in [4.69, 9.17) is 0 Å². The smallest absolute Gasteiger partial charge is 0.269 e. The van der Waals surface area contributed by atoms with Crippen molar-refractivity contribution in [3.05, 3.63) is 64.2 Å². The number of carbonyl (C=O) groups excluding carboxylic acids is 1. The molecule has 2 heterocycles. The number of aromatic nitrogens is 2. The maximum absolute atomic E-state index is 11.8. The van der Waals surface area contributed by atoms with Crippen molar-refractivity contribution in [2.24, 2.45) is 0 Å². The van der Waals surface area contributed by atoms with Gasteiger partial charge in [-0.25, -0.2) is 4.98 Å². The Bertz CT molecular complexity index is 694. The number of hydrogen-bond donors (Lipinski definition) is 2. The first-order chi connectivity index (χ1) is 11.7. The number of H-pyrrole nitrogens is 1. The number of nitrogens with one attached hydrogen (secondary N) is 2. The molecule has 0 fully saturated rings. The summed E-state index contributed by atoms with van der Waals surface area (Å²) in [5.41, 5.74) is 3.35. The Hall–Kier alpha value is -1.92. The number of hydrogen-bond acceptors (Lipinski definition) is 3. The Balaban J connectivity index is 1.40. The van der Waals surface area contributed by atoms with Crippen LogP contribution in [0.2, 0.25) is 0 Å². The minimum Gasteiger partial charge on any atom is -0.349 e. The van der Waals surface area contributed by atoms with E-state index in [-0.39, 0.29) is 5.91 Å². The van der Waals surface area contributed by atoms with Crippen LogP contribution in [0.15, 0.2) is 52.9 Å². The van der Waals surface area contributed by atoms with Crippen LogP contribution in [-0.2, 0) is 6.42 Å². The van der Waals surface area contributed by atoms with Gasteiger partial charge in [0.25, 0.3) is 5.91 Å². The monoisotopic (exact) mass is 388 g/mol. The molecule has 1 amide bonds. The molecule has 0 atom stereocenters. The van der Waals surface area contributed by atoms with Crippen LogP contribution in [0.1, 0.15) is 22.5 Å². The van der Waals surface area contributed by atoms with Crippen molar-refractivity contribution < 1.29 is 4.79 Å². The summed E-state index contributed by atoms with van der Waals surface area (Å²) in [4.78, 5) is 20.8. The molecule has 1 aliphatic heterocycles. The SMILES string of the molecule is O=C(NCCN1CC=C(Cc2ccc(Br)cc2)CC1)c1cnc[nH]1. The van der Waals surface area contributed by atoms with E-state index in [0.717, 1.165) is 36.9 Å². The summed E-state index contributed by atoms with van der Waals surface area (Å²) in [5.74, 6) is -0.101. The Kier molecular flexibility index (Phi) is 5.82. The van der Waals surface area contributed by atoms with E-state index in [1.807, 2.05) is 0 Å². The van der Waals surface area contributed by atoms with Gasteiger partial charge in [0.1, 0.15) is 5.69 Å². The maximum Gasteiger partial charge on any atom is 0.269 e. The predicted octanol–water partition coefficient (Wildman–Crippen LogP) is 2.78. The lowest BCUT2D eigenvalue weighted by Gasteiger charge is -2.26. The van der Waals surface area contributed by atoms with Crippen molar-refractivity contribution in [2.75, 3.05) is 26.2 Å². The molecule has 1 aliphatic rings. The molecule has 2 aromatic rings. The molecule has 1 aromatic heterocycles. The molecule has 24 heavy (non-hydrogen) atoms. The highest BCUT2D eigenvalue weighted by atomic mass is 79.9. The van der Waals surface area contributed by atoms with Crippen LogP contribution in [-0.4, -0.2) is 47.0 Å². The fraction of sp³-hybridized carbons (Fsp3) is 0.333. The number of halogens is 1. The zero-order valence-corrected chi connectivity index (χ0v) is 15.1. The van der Waals surface area contributed by atoms with E-state index in [9.17, 15) is 4.79 Å². The lowest BCUT2D eigenvalue weighted by Crippen LogP contribution is -2.37. The predicted molar refractivity (Wildman–Crippen MR) is 97.9 cm³/mol. The Morgan fingerprint density at radius 3 is 2.83 bits per heavy atom. The Morgan fingerprint density at radius 1 is 1.33 bits per heavy atom. The quantitative estimate of drug-likeness (QED) is 0.747. The third-order valence-electron chi connectivity index (χ3n) is 4.19. The van der Waals surface area contributed by atoms with Gasteiger partial charge >= 0.3 is 0 Å². The second-order valence-electron chi connectivity index (χ2n) is 5.94. The van der Waals surface area contributed by atoms with Gasteiger partial charge < -0.3 is 10.3 Å². The molecule has 0 saturated carbocycles. The van der Waals surface area contributed by atoms with E-state index in [2.05, 4.69) is 66.5 Å². The third kappa shape index (κ3) is 4.79. The second kappa shape index (κ2) is 8.26. The fourth-order valence-electron chi connectivity index (χ4n) is 2.78. The van der Waals surface area contributed by atoms with Crippen LogP contribution in [0.5, 0.6) is 0 Å². The molecule has 6 heteroatoms. The summed E-state index contributed by atoms with van der Waals surface area (Å²) < 4.78 is 1.12. The summed E-state index contributed by atoms with van der Waals surface area (Å²) in [6.45, 7) is 3.50. The molecule has 1 aromatic carbocycles. The first kappa shape index (κ1) is 16.9. The van der Waals surface area contributed by atoms with Crippen LogP contribution in [0.25, 0.3) is 0 Å². The van der Waals surface area contributed by atoms with E-state index >= 15 is 0 Å². The number of benzene rings is 1. The summed E-state index contributed by atoms with van der Waals surface area (Å²) in [6.07, 6.45) is 7.48. The summed E-state index contributed by atoms with van der Waals surface area (Å²) in [5, 5.41) is 2.91. The standard InChI is InChI=1S/C18H21BrN4O/c19-16-3-1-14(2-4-16)11-15-5-8-23(9-6-15)10-7-21-18(24)17-12-20-13-22-17/h1-5,12-13H,6-11H2,(H,20,22)(H,21,24). The van der Waals surface area contributed by atoms with Crippen molar-refractivity contribution in [3.8, 4) is 0 Å². The highest BCUT2D eigenvalue weighted by Gasteiger charge is 2.12. The van der Waals surface area contributed by atoms with E-state index in [0.29, 0.717) is 12.2 Å². The summed E-state index contributed by atoms with van der Waals surface area (Å²) in [6, 6.07) is 8.52. The Labute approximate surface area is 150 Å².